The van der Waals surface area contributed by atoms with Crippen LogP contribution < -0.4 is 4.74 Å². The molecule has 1 aromatic carbocycles. The number of fused-ring (bicyclic) bond motifs is 1. The van der Waals surface area contributed by atoms with Gasteiger partial charge in [-0.1, -0.05) is 11.6 Å². The Labute approximate surface area is 169 Å². The number of aliphatic hydroxyl groups excluding tert-OH is 1. The van der Waals surface area contributed by atoms with E-state index in [1.165, 1.54) is 11.1 Å². The fourth-order valence-electron chi connectivity index (χ4n) is 3.92. The highest BCUT2D eigenvalue weighted by molar-refractivity contribution is 7.07. The summed E-state index contributed by atoms with van der Waals surface area (Å²) in [4.78, 5) is 4.99. The summed E-state index contributed by atoms with van der Waals surface area (Å²) in [5.74, 6) is 0.905. The van der Waals surface area contributed by atoms with Gasteiger partial charge in [-0.3, -0.25) is 9.80 Å². The highest BCUT2D eigenvalue weighted by Gasteiger charge is 2.27. The first-order valence-electron chi connectivity index (χ1n) is 9.41. The van der Waals surface area contributed by atoms with Crippen molar-refractivity contribution in [2.45, 2.75) is 19.0 Å². The highest BCUT2D eigenvalue weighted by Crippen LogP contribution is 2.29. The largest absolute Gasteiger partial charge is 0.489 e. The molecule has 1 fully saturated rings. The van der Waals surface area contributed by atoms with Gasteiger partial charge in [0.25, 0.3) is 0 Å². The van der Waals surface area contributed by atoms with Gasteiger partial charge in [-0.25, -0.2) is 0 Å². The molecule has 144 valence electrons. The molecule has 4 rings (SSSR count). The van der Waals surface area contributed by atoms with Crippen LogP contribution in [0.25, 0.3) is 6.08 Å². The van der Waals surface area contributed by atoms with Crippen LogP contribution in [0, 0.1) is 0 Å². The number of nitrogens with zero attached hydrogens (tertiary/aromatic N) is 2. The van der Waals surface area contributed by atoms with Crippen molar-refractivity contribution >= 4 is 29.0 Å². The lowest BCUT2D eigenvalue weighted by Gasteiger charge is -2.41. The van der Waals surface area contributed by atoms with Gasteiger partial charge in [0.2, 0.25) is 0 Å². The van der Waals surface area contributed by atoms with Gasteiger partial charge in [0.15, 0.2) is 0 Å². The van der Waals surface area contributed by atoms with Gasteiger partial charge in [0, 0.05) is 56.0 Å². The van der Waals surface area contributed by atoms with E-state index in [1.54, 1.807) is 11.3 Å². The van der Waals surface area contributed by atoms with E-state index in [9.17, 15) is 5.11 Å². The SMILES string of the molecule is OCCC1CN(CC2=Cc3cc(Cl)ccc3OC2)CCN1Cc1ccsc1. The quantitative estimate of drug-likeness (QED) is 0.795. The van der Waals surface area contributed by atoms with Crippen molar-refractivity contribution in [1.82, 2.24) is 9.80 Å². The second kappa shape index (κ2) is 8.76. The van der Waals surface area contributed by atoms with E-state index in [1.807, 2.05) is 18.2 Å². The fourth-order valence-corrected chi connectivity index (χ4v) is 4.76. The summed E-state index contributed by atoms with van der Waals surface area (Å²) in [6, 6.07) is 8.34. The van der Waals surface area contributed by atoms with E-state index in [-0.39, 0.29) is 6.61 Å². The van der Waals surface area contributed by atoms with Gasteiger partial charge in [0.05, 0.1) is 0 Å². The Morgan fingerprint density at radius 1 is 1.22 bits per heavy atom. The van der Waals surface area contributed by atoms with Crippen molar-refractivity contribution in [3.8, 4) is 5.75 Å². The minimum Gasteiger partial charge on any atom is -0.489 e. The van der Waals surface area contributed by atoms with Crippen LogP contribution >= 0.6 is 22.9 Å². The predicted octanol–water partition coefficient (Wildman–Crippen LogP) is 3.75. The lowest BCUT2D eigenvalue weighted by molar-refractivity contribution is 0.0575. The summed E-state index contributed by atoms with van der Waals surface area (Å²) in [7, 11) is 0. The molecule has 1 N–H and O–H groups in total. The second-order valence-corrected chi connectivity index (χ2v) is 8.49. The third kappa shape index (κ3) is 4.73. The van der Waals surface area contributed by atoms with Gasteiger partial charge >= 0.3 is 0 Å². The van der Waals surface area contributed by atoms with Crippen LogP contribution in [0.5, 0.6) is 5.75 Å². The van der Waals surface area contributed by atoms with Crippen molar-refractivity contribution in [3.05, 3.63) is 56.7 Å². The molecule has 3 heterocycles. The number of halogens is 1. The van der Waals surface area contributed by atoms with Gasteiger partial charge in [0.1, 0.15) is 12.4 Å². The Morgan fingerprint density at radius 2 is 2.15 bits per heavy atom. The first-order chi connectivity index (χ1) is 13.2. The first-order valence-corrected chi connectivity index (χ1v) is 10.7. The Balaban J connectivity index is 1.40. The molecular weight excluding hydrogens is 380 g/mol. The van der Waals surface area contributed by atoms with Crippen molar-refractivity contribution in [2.24, 2.45) is 0 Å². The van der Waals surface area contributed by atoms with Gasteiger partial charge in [-0.2, -0.15) is 11.3 Å². The topological polar surface area (TPSA) is 35.9 Å². The summed E-state index contributed by atoms with van der Waals surface area (Å²) in [5.41, 5.74) is 3.71. The van der Waals surface area contributed by atoms with E-state index in [0.29, 0.717) is 12.6 Å². The number of piperazine rings is 1. The molecule has 1 aromatic heterocycles. The average Bonchev–Trinajstić information content (AvgIpc) is 3.17. The normalized spacial score (nSPS) is 20.8. The van der Waals surface area contributed by atoms with Crippen molar-refractivity contribution in [2.75, 3.05) is 39.4 Å². The van der Waals surface area contributed by atoms with E-state index >= 15 is 0 Å². The summed E-state index contributed by atoms with van der Waals surface area (Å²) in [5, 5.41) is 14.6. The number of hydrogen-bond acceptors (Lipinski definition) is 5. The minimum absolute atomic E-state index is 0.232. The molecule has 0 saturated carbocycles. The van der Waals surface area contributed by atoms with Crippen LogP contribution in [-0.4, -0.2) is 60.3 Å². The minimum atomic E-state index is 0.232. The lowest BCUT2D eigenvalue weighted by atomic mass is 10.0. The van der Waals surface area contributed by atoms with Crippen LogP contribution in [0.4, 0.5) is 0 Å². The van der Waals surface area contributed by atoms with E-state index in [2.05, 4.69) is 32.7 Å². The smallest absolute Gasteiger partial charge is 0.127 e. The molecule has 1 atom stereocenters. The zero-order valence-electron chi connectivity index (χ0n) is 15.3. The second-order valence-electron chi connectivity index (χ2n) is 7.28. The molecule has 27 heavy (non-hydrogen) atoms. The Morgan fingerprint density at radius 3 is 2.96 bits per heavy atom. The molecule has 0 radical (unpaired) electrons. The van der Waals surface area contributed by atoms with Gasteiger partial charge in [-0.05, 0) is 58.7 Å². The lowest BCUT2D eigenvalue weighted by Crippen LogP contribution is -2.53. The number of aliphatic hydroxyl groups is 1. The van der Waals surface area contributed by atoms with E-state index < -0.39 is 0 Å². The monoisotopic (exact) mass is 404 g/mol. The molecule has 0 amide bonds. The number of thiophene rings is 1. The molecule has 0 spiro atoms. The molecular formula is C21H25ClN2O2S. The number of benzene rings is 1. The van der Waals surface area contributed by atoms with Crippen molar-refractivity contribution in [3.63, 3.8) is 0 Å². The van der Waals surface area contributed by atoms with Crippen LogP contribution in [0.15, 0.2) is 40.6 Å². The summed E-state index contributed by atoms with van der Waals surface area (Å²) < 4.78 is 5.90. The zero-order chi connectivity index (χ0) is 18.6. The fraction of sp³-hybridized carbons (Fsp3) is 0.429. The Bertz CT molecular complexity index is 793. The zero-order valence-corrected chi connectivity index (χ0v) is 16.9. The number of ether oxygens (including phenoxy) is 1. The van der Waals surface area contributed by atoms with Crippen LogP contribution in [-0.2, 0) is 6.54 Å². The first kappa shape index (κ1) is 19.0. The van der Waals surface area contributed by atoms with Crippen LogP contribution in [0.1, 0.15) is 17.5 Å². The standard InChI is InChI=1S/C21H25ClN2O2S/c22-19-1-2-21-18(10-19)9-17(14-26-21)11-23-5-6-24(20(13-23)3-7-25)12-16-4-8-27-15-16/h1-2,4,8-10,15,20,25H,3,5-7,11-14H2. The van der Waals surface area contributed by atoms with E-state index in [4.69, 9.17) is 16.3 Å². The molecule has 4 nitrogen and oxygen atoms in total. The number of rotatable bonds is 6. The number of hydrogen-bond donors (Lipinski definition) is 1. The maximum Gasteiger partial charge on any atom is 0.127 e. The highest BCUT2D eigenvalue weighted by atomic mass is 35.5. The maximum absolute atomic E-state index is 9.52. The predicted molar refractivity (Wildman–Crippen MR) is 112 cm³/mol. The third-order valence-corrected chi connectivity index (χ3v) is 6.26. The summed E-state index contributed by atoms with van der Waals surface area (Å²) >= 11 is 7.87. The Hall–Kier alpha value is -1.37. The summed E-state index contributed by atoms with van der Waals surface area (Å²) in [6.45, 7) is 5.78. The molecule has 2 aliphatic rings. The van der Waals surface area contributed by atoms with Crippen molar-refractivity contribution < 1.29 is 9.84 Å². The molecule has 1 unspecified atom stereocenters. The Kier molecular flexibility index (Phi) is 6.15. The molecule has 6 heteroatoms. The summed E-state index contributed by atoms with van der Waals surface area (Å²) in [6.07, 6.45) is 3.03. The molecule has 0 bridgehead atoms. The molecule has 2 aromatic rings. The maximum atomic E-state index is 9.52. The van der Waals surface area contributed by atoms with Gasteiger partial charge in [-0.15, -0.1) is 0 Å². The molecule has 2 aliphatic heterocycles. The average molecular weight is 405 g/mol. The molecule has 0 aliphatic carbocycles. The third-order valence-electron chi connectivity index (χ3n) is 5.29. The van der Waals surface area contributed by atoms with E-state index in [0.717, 1.165) is 55.5 Å². The van der Waals surface area contributed by atoms with Crippen LogP contribution in [0.3, 0.4) is 0 Å². The van der Waals surface area contributed by atoms with Gasteiger partial charge < -0.3 is 9.84 Å². The van der Waals surface area contributed by atoms with Crippen LogP contribution in [0.2, 0.25) is 5.02 Å². The van der Waals surface area contributed by atoms with Crippen molar-refractivity contribution in [1.29, 1.82) is 0 Å². The molecule has 1 saturated heterocycles.